The van der Waals surface area contributed by atoms with E-state index in [0.717, 1.165) is 31.4 Å². The number of carbonyl (C=O) groups excluding carboxylic acids is 1. The van der Waals surface area contributed by atoms with Crippen molar-refractivity contribution in [3.63, 3.8) is 0 Å². The standard InChI is InChI=1S/C19H23N3O2.2ClH/c1-13-5-7-16(11-14(13)2)24-17-8-6-15(12-21-17)22-18(23)19(20)9-3-4-10-19;;/h5-8,11-12H,3-4,9-10,20H2,1-2H3,(H,22,23);2*1H. The van der Waals surface area contributed by atoms with Crippen LogP contribution in [-0.4, -0.2) is 16.4 Å². The number of rotatable bonds is 4. The first-order chi connectivity index (χ1) is 11.5. The molecule has 0 spiro atoms. The Morgan fingerprint density at radius 1 is 1.12 bits per heavy atom. The first-order valence-electron chi connectivity index (χ1n) is 8.28. The second kappa shape index (κ2) is 9.21. The fourth-order valence-electron chi connectivity index (χ4n) is 2.90. The number of amides is 1. The lowest BCUT2D eigenvalue weighted by atomic mass is 9.98. The molecule has 1 aromatic carbocycles. The lowest BCUT2D eigenvalue weighted by Crippen LogP contribution is -2.48. The number of hydrogen-bond donors (Lipinski definition) is 2. The van der Waals surface area contributed by atoms with Gasteiger partial charge in [0.25, 0.3) is 0 Å². The summed E-state index contributed by atoms with van der Waals surface area (Å²) >= 11 is 0. The lowest BCUT2D eigenvalue weighted by molar-refractivity contribution is -0.121. The molecule has 0 bridgehead atoms. The zero-order chi connectivity index (χ0) is 17.2. The van der Waals surface area contributed by atoms with Crippen LogP contribution in [0.2, 0.25) is 0 Å². The van der Waals surface area contributed by atoms with Gasteiger partial charge in [-0.15, -0.1) is 24.8 Å². The predicted octanol–water partition coefficient (Wildman–Crippen LogP) is 4.54. The van der Waals surface area contributed by atoms with Crippen LogP contribution in [0.25, 0.3) is 0 Å². The molecular formula is C19H25Cl2N3O2. The van der Waals surface area contributed by atoms with Gasteiger partial charge >= 0.3 is 0 Å². The SMILES string of the molecule is Cc1ccc(Oc2ccc(NC(=O)C3(N)CCCC3)cn2)cc1C.Cl.Cl. The zero-order valence-electron chi connectivity index (χ0n) is 15.0. The third-order valence-corrected chi connectivity index (χ3v) is 4.64. The van der Waals surface area contributed by atoms with Crippen LogP contribution in [0.15, 0.2) is 36.5 Å². The number of nitrogens with zero attached hydrogens (tertiary/aromatic N) is 1. The maximum atomic E-state index is 12.3. The highest BCUT2D eigenvalue weighted by atomic mass is 35.5. The Bertz CT molecular complexity index is 745. The molecule has 26 heavy (non-hydrogen) atoms. The van der Waals surface area contributed by atoms with Crippen LogP contribution in [0.4, 0.5) is 5.69 Å². The van der Waals surface area contributed by atoms with Gasteiger partial charge in [-0.25, -0.2) is 4.98 Å². The first kappa shape index (κ1) is 22.2. The smallest absolute Gasteiger partial charge is 0.244 e. The molecule has 1 aliphatic carbocycles. The maximum Gasteiger partial charge on any atom is 0.244 e. The first-order valence-corrected chi connectivity index (χ1v) is 8.28. The van der Waals surface area contributed by atoms with E-state index in [1.54, 1.807) is 18.3 Å². The summed E-state index contributed by atoms with van der Waals surface area (Å²) in [5.41, 5.74) is 8.43. The summed E-state index contributed by atoms with van der Waals surface area (Å²) in [6.07, 6.45) is 5.07. The molecule has 5 nitrogen and oxygen atoms in total. The molecule has 0 saturated heterocycles. The van der Waals surface area contributed by atoms with E-state index < -0.39 is 5.54 Å². The second-order valence-electron chi connectivity index (χ2n) is 6.55. The third-order valence-electron chi connectivity index (χ3n) is 4.64. The molecule has 1 saturated carbocycles. The van der Waals surface area contributed by atoms with Gasteiger partial charge < -0.3 is 15.8 Å². The Morgan fingerprint density at radius 3 is 2.38 bits per heavy atom. The van der Waals surface area contributed by atoms with Crippen molar-refractivity contribution >= 4 is 36.4 Å². The van der Waals surface area contributed by atoms with Crippen LogP contribution >= 0.6 is 24.8 Å². The van der Waals surface area contributed by atoms with Crippen molar-refractivity contribution in [1.29, 1.82) is 0 Å². The van der Waals surface area contributed by atoms with Gasteiger partial charge in [-0.05, 0) is 56.0 Å². The van der Waals surface area contributed by atoms with Gasteiger partial charge in [0.2, 0.25) is 11.8 Å². The fraction of sp³-hybridized carbons (Fsp3) is 0.368. The minimum Gasteiger partial charge on any atom is -0.439 e. The molecular weight excluding hydrogens is 373 g/mol. The van der Waals surface area contributed by atoms with Crippen molar-refractivity contribution in [2.45, 2.75) is 45.1 Å². The molecule has 1 aliphatic rings. The van der Waals surface area contributed by atoms with Crippen LogP contribution in [0.5, 0.6) is 11.6 Å². The molecule has 142 valence electrons. The monoisotopic (exact) mass is 397 g/mol. The molecule has 3 rings (SSSR count). The summed E-state index contributed by atoms with van der Waals surface area (Å²) in [4.78, 5) is 16.5. The Balaban J connectivity index is 0.00000169. The highest BCUT2D eigenvalue weighted by Gasteiger charge is 2.36. The molecule has 3 N–H and O–H groups in total. The number of benzene rings is 1. The van der Waals surface area contributed by atoms with Crippen molar-refractivity contribution in [3.8, 4) is 11.6 Å². The van der Waals surface area contributed by atoms with E-state index in [1.807, 2.05) is 25.1 Å². The summed E-state index contributed by atoms with van der Waals surface area (Å²) < 4.78 is 5.75. The van der Waals surface area contributed by atoms with Crippen LogP contribution in [0, 0.1) is 13.8 Å². The van der Waals surface area contributed by atoms with E-state index in [-0.39, 0.29) is 30.7 Å². The normalized spacial score (nSPS) is 14.7. The Labute approximate surface area is 166 Å². The van der Waals surface area contributed by atoms with Crippen LogP contribution in [-0.2, 0) is 4.79 Å². The Morgan fingerprint density at radius 2 is 1.81 bits per heavy atom. The molecule has 1 amide bonds. The Kier molecular flexibility index (Phi) is 7.87. The number of halogens is 2. The summed E-state index contributed by atoms with van der Waals surface area (Å²) in [7, 11) is 0. The van der Waals surface area contributed by atoms with E-state index in [9.17, 15) is 4.79 Å². The van der Waals surface area contributed by atoms with E-state index >= 15 is 0 Å². The van der Waals surface area contributed by atoms with E-state index in [0.29, 0.717) is 11.6 Å². The topological polar surface area (TPSA) is 77.2 Å². The average Bonchev–Trinajstić information content (AvgIpc) is 3.01. The van der Waals surface area contributed by atoms with E-state index in [4.69, 9.17) is 10.5 Å². The number of aromatic nitrogens is 1. The second-order valence-corrected chi connectivity index (χ2v) is 6.55. The van der Waals surface area contributed by atoms with Crippen molar-refractivity contribution < 1.29 is 9.53 Å². The summed E-state index contributed by atoms with van der Waals surface area (Å²) in [5.74, 6) is 1.10. The summed E-state index contributed by atoms with van der Waals surface area (Å²) in [5, 5.41) is 2.85. The number of pyridine rings is 1. The minimum absolute atomic E-state index is 0. The molecule has 0 aliphatic heterocycles. The number of hydrogen-bond acceptors (Lipinski definition) is 4. The molecule has 2 aromatic rings. The molecule has 1 fully saturated rings. The summed E-state index contributed by atoms with van der Waals surface area (Å²) in [6, 6.07) is 9.42. The number of anilines is 1. The zero-order valence-corrected chi connectivity index (χ0v) is 16.6. The van der Waals surface area contributed by atoms with Gasteiger partial charge in [-0.3, -0.25) is 4.79 Å². The van der Waals surface area contributed by atoms with Crippen molar-refractivity contribution in [2.75, 3.05) is 5.32 Å². The predicted molar refractivity (Wildman–Crippen MR) is 109 cm³/mol. The van der Waals surface area contributed by atoms with Crippen molar-refractivity contribution in [2.24, 2.45) is 5.73 Å². The highest BCUT2D eigenvalue weighted by molar-refractivity contribution is 5.98. The van der Waals surface area contributed by atoms with Gasteiger partial charge in [0.15, 0.2) is 0 Å². The average molecular weight is 398 g/mol. The van der Waals surface area contributed by atoms with Gasteiger partial charge in [-0.2, -0.15) is 0 Å². The van der Waals surface area contributed by atoms with Crippen LogP contribution < -0.4 is 15.8 Å². The number of carbonyl (C=O) groups is 1. The lowest BCUT2D eigenvalue weighted by Gasteiger charge is -2.22. The van der Waals surface area contributed by atoms with Crippen molar-refractivity contribution in [3.05, 3.63) is 47.7 Å². The molecule has 0 atom stereocenters. The van der Waals surface area contributed by atoms with Crippen molar-refractivity contribution in [1.82, 2.24) is 4.98 Å². The quantitative estimate of drug-likeness (QED) is 0.793. The minimum atomic E-state index is -0.741. The fourth-order valence-corrected chi connectivity index (χ4v) is 2.90. The van der Waals surface area contributed by atoms with Gasteiger partial charge in [0, 0.05) is 6.07 Å². The van der Waals surface area contributed by atoms with E-state index in [2.05, 4.69) is 17.2 Å². The summed E-state index contributed by atoms with van der Waals surface area (Å²) in [6.45, 7) is 4.10. The van der Waals surface area contributed by atoms with Gasteiger partial charge in [0.1, 0.15) is 5.75 Å². The number of nitrogens with two attached hydrogens (primary N) is 1. The van der Waals surface area contributed by atoms with E-state index in [1.165, 1.54) is 11.1 Å². The highest BCUT2D eigenvalue weighted by Crippen LogP contribution is 2.29. The van der Waals surface area contributed by atoms with Gasteiger partial charge in [-0.1, -0.05) is 18.9 Å². The maximum absolute atomic E-state index is 12.3. The molecule has 1 aromatic heterocycles. The number of aryl methyl sites for hydroxylation is 2. The van der Waals surface area contributed by atoms with Gasteiger partial charge in [0.05, 0.1) is 17.4 Å². The molecule has 0 radical (unpaired) electrons. The molecule has 0 unspecified atom stereocenters. The number of nitrogens with one attached hydrogen (secondary N) is 1. The molecule has 7 heteroatoms. The van der Waals surface area contributed by atoms with Crippen LogP contribution in [0.3, 0.4) is 0 Å². The van der Waals surface area contributed by atoms with Crippen LogP contribution in [0.1, 0.15) is 36.8 Å². The third kappa shape index (κ3) is 5.10. The number of ether oxygens (including phenoxy) is 1. The largest absolute Gasteiger partial charge is 0.439 e. The molecule has 1 heterocycles. The Hall–Kier alpha value is -1.82.